The molecular weight excluding hydrogens is 1860 g/mol. The predicted molar refractivity (Wildman–Crippen MR) is 620 cm³/mol. The Balaban J connectivity index is -0.00000161. The van der Waals surface area contributed by atoms with Crippen molar-refractivity contribution < 1.29 is 57.4 Å². The molecule has 2 bridgehead atoms. The highest BCUT2D eigenvalue weighted by atomic mass is 16.5. The fourth-order valence-corrected chi connectivity index (χ4v) is 18.7. The number of ether oxygens (including phenoxy) is 2. The van der Waals surface area contributed by atoms with Crippen LogP contribution in [0.15, 0.2) is 24.3 Å². The number of ketones is 1. The van der Waals surface area contributed by atoms with E-state index in [1.54, 1.807) is 16.8 Å². The third-order valence-electron chi connectivity index (χ3n) is 25.4. The van der Waals surface area contributed by atoms with Crippen molar-refractivity contribution in [3.05, 3.63) is 29.8 Å². The van der Waals surface area contributed by atoms with Crippen LogP contribution < -0.4 is 20.7 Å². The van der Waals surface area contributed by atoms with Crippen molar-refractivity contribution in [1.29, 1.82) is 0 Å². The molecule has 30 nitrogen and oxygen atoms in total. The van der Waals surface area contributed by atoms with E-state index in [4.69, 9.17) is 9.47 Å². The Morgan fingerprint density at radius 2 is 0.811 bits per heavy atom. The van der Waals surface area contributed by atoms with Crippen LogP contribution in [0.4, 0.5) is 0 Å². The lowest BCUT2D eigenvalue weighted by molar-refractivity contribution is -0.141. The van der Waals surface area contributed by atoms with Crippen molar-refractivity contribution in [2.75, 3.05) is 267 Å². The van der Waals surface area contributed by atoms with E-state index >= 15 is 0 Å². The van der Waals surface area contributed by atoms with Crippen LogP contribution in [0.1, 0.15) is 309 Å². The number of carbonyl (C=O) groups is 10. The van der Waals surface area contributed by atoms with Gasteiger partial charge in [-0.15, -0.1) is 0 Å². The summed E-state index contributed by atoms with van der Waals surface area (Å²) in [6.45, 7) is 83.8. The van der Waals surface area contributed by atoms with Crippen LogP contribution in [-0.2, 0) is 59.2 Å². The molecule has 6 rings (SSSR count). The number of likely N-dealkylation sites (tertiary alicyclic amines) is 3. The second-order valence-electron chi connectivity index (χ2n) is 48.8. The minimum atomic E-state index is -0.131. The maximum Gasteiger partial charge on any atom is 0.236 e. The largest absolute Gasteiger partial charge is 0.494 e. The standard InChI is InChI=1S/C20H35N3O2.C14H27N3O2.C14H28N2O2.C14H28N2O.C13H24N2O2.C12H26N2O.C11H22.2C10H22N2O/c1-17(2)14-22(5)16-20(24)23(6)15-18-8-10-19(11-9-18)25-13-7-12-21(3)4;1-11(2)8-16(4)10-14(19)17-7-5-6-13(9-17)15-12(3)18;1-11(2)7-13(17)9-16(6)14(18)10-15(5)8-12(3)4;1-5-13-6-8-16(9-7-13)14(17)11-15(4)10-12(2)3;1-10(2)6-14(3)9-13(16)15-7-11-4-5-12(8-15)17-11;1-7-14(8-10(2)3)9-11(15)13-12(4,5)6;1-10(2)8-9-11-6-4-3-5-7-11;1-6-12(5)10(13)8-11(4)7-9(2)3;1-5-11-10(13)8-12(6-2)7-9(3)4/h8-11,17H,7,12-16H2,1-6H3;11,13H,5-10H2,1-4H3,(H,15,18);11-12H,7-10H2,1-6H3;12-13H,5-11H2,1-4H3;10-12H,4-9H2,1-3H3;10H,7-9H2,1-6H3,(H,13,15);10-11H,3-9H2,1-2H3;9H,6-8H2,1-5H3;9H,5-8H2,1-4H3,(H,11,13). The van der Waals surface area contributed by atoms with Crippen LogP contribution in [0.2, 0.25) is 0 Å². The van der Waals surface area contributed by atoms with E-state index in [0.29, 0.717) is 143 Å². The number of morpholine rings is 1. The van der Waals surface area contributed by atoms with Gasteiger partial charge in [-0.2, -0.15) is 0 Å². The minimum absolute atomic E-state index is 0.00950. The molecule has 30 heteroatoms. The summed E-state index contributed by atoms with van der Waals surface area (Å²) in [5, 5.41) is 8.69. The van der Waals surface area contributed by atoms with Crippen LogP contribution in [0, 0.1) is 71.0 Å². The molecule has 1 aliphatic carbocycles. The third kappa shape index (κ3) is 82.2. The molecular formula is C118H234N18O12. The van der Waals surface area contributed by atoms with Gasteiger partial charge < -0.3 is 59.7 Å². The topological polar surface area (TPSA) is 274 Å². The quantitative estimate of drug-likeness (QED) is 0.0511. The minimum Gasteiger partial charge on any atom is -0.494 e. The van der Waals surface area contributed by atoms with Crippen LogP contribution in [0.5, 0.6) is 5.75 Å². The molecule has 9 amide bonds. The molecule has 5 aliphatic rings. The van der Waals surface area contributed by atoms with Crippen molar-refractivity contribution in [1.82, 2.24) is 89.4 Å². The molecule has 3 N–H and O–H groups in total. The Morgan fingerprint density at radius 1 is 0.405 bits per heavy atom. The van der Waals surface area contributed by atoms with Crippen molar-refractivity contribution in [2.24, 2.45) is 71.0 Å². The number of carbonyl (C=O) groups excluding carboxylic acids is 10. The van der Waals surface area contributed by atoms with Gasteiger partial charge in [0.15, 0.2) is 5.78 Å². The molecule has 4 saturated heterocycles. The molecule has 4 heterocycles. The molecule has 0 spiro atoms. The molecule has 1 aromatic carbocycles. The lowest BCUT2D eigenvalue weighted by atomic mass is 9.85. The van der Waals surface area contributed by atoms with E-state index in [9.17, 15) is 47.9 Å². The molecule has 1 aromatic rings. The molecule has 0 aromatic heterocycles. The van der Waals surface area contributed by atoms with Gasteiger partial charge in [0.05, 0.1) is 77.7 Å². The van der Waals surface area contributed by atoms with E-state index in [1.165, 1.54) is 76.0 Å². The number of hydrogen-bond donors (Lipinski definition) is 3. The van der Waals surface area contributed by atoms with Gasteiger partial charge in [-0.3, -0.25) is 87.1 Å². The maximum absolute atomic E-state index is 12.3. The first kappa shape index (κ1) is 146. The van der Waals surface area contributed by atoms with E-state index in [-0.39, 0.29) is 71.2 Å². The highest BCUT2D eigenvalue weighted by Gasteiger charge is 2.36. The smallest absolute Gasteiger partial charge is 0.236 e. The van der Waals surface area contributed by atoms with Crippen LogP contribution in [-0.4, -0.2) is 424 Å². The molecule has 3 unspecified atom stereocenters. The Kier molecular flexibility index (Phi) is 82.6. The lowest BCUT2D eigenvalue weighted by Crippen LogP contribution is -2.51. The van der Waals surface area contributed by atoms with Gasteiger partial charge in [0.2, 0.25) is 53.2 Å². The molecule has 5 fully saturated rings. The first-order valence-corrected chi connectivity index (χ1v) is 57.5. The monoisotopic (exact) mass is 2100 g/mol. The van der Waals surface area contributed by atoms with E-state index < -0.39 is 0 Å². The summed E-state index contributed by atoms with van der Waals surface area (Å²) in [6.07, 6.45) is 20.5. The zero-order valence-corrected chi connectivity index (χ0v) is 103. The summed E-state index contributed by atoms with van der Waals surface area (Å²) in [7, 11) is 21.5. The van der Waals surface area contributed by atoms with Gasteiger partial charge in [0, 0.05) is 164 Å². The fourth-order valence-electron chi connectivity index (χ4n) is 18.7. The van der Waals surface area contributed by atoms with Gasteiger partial charge in [0.1, 0.15) is 5.75 Å². The van der Waals surface area contributed by atoms with Crippen molar-refractivity contribution in [2.45, 2.75) is 334 Å². The number of hydrogen-bond acceptors (Lipinski definition) is 21. The zero-order valence-electron chi connectivity index (χ0n) is 103. The number of fused-ring (bicyclic) bond motifs is 2. The number of Topliss-reactive ketones (excluding diaryl/α,β-unsaturated/α-hetero) is 1. The number of nitrogens with one attached hydrogen (secondary N) is 3. The van der Waals surface area contributed by atoms with Gasteiger partial charge in [-0.05, 0) is 238 Å². The van der Waals surface area contributed by atoms with E-state index in [0.717, 1.165) is 186 Å². The van der Waals surface area contributed by atoms with Gasteiger partial charge in [0.25, 0.3) is 0 Å². The Morgan fingerprint density at radius 3 is 1.19 bits per heavy atom. The second-order valence-corrected chi connectivity index (χ2v) is 48.8. The average Bonchev–Trinajstić information content (AvgIpc) is 1.69. The molecule has 1 saturated carbocycles. The summed E-state index contributed by atoms with van der Waals surface area (Å²) in [5.41, 5.74) is 0.983. The zero-order chi connectivity index (χ0) is 114. The first-order valence-electron chi connectivity index (χ1n) is 57.5. The summed E-state index contributed by atoms with van der Waals surface area (Å²) < 4.78 is 11.5. The van der Waals surface area contributed by atoms with Crippen LogP contribution >= 0.6 is 0 Å². The third-order valence-corrected chi connectivity index (χ3v) is 25.4. The van der Waals surface area contributed by atoms with Gasteiger partial charge in [-0.1, -0.05) is 223 Å². The number of likely N-dealkylation sites (N-methyl/N-ethyl adjacent to an activating group) is 12. The van der Waals surface area contributed by atoms with Crippen LogP contribution in [0.3, 0.4) is 0 Å². The molecule has 0 radical (unpaired) electrons. The summed E-state index contributed by atoms with van der Waals surface area (Å²) >= 11 is 0. The Hall–Kier alpha value is -6.48. The van der Waals surface area contributed by atoms with Gasteiger partial charge in [-0.25, -0.2) is 0 Å². The van der Waals surface area contributed by atoms with Crippen LogP contribution in [0.25, 0.3) is 0 Å². The summed E-state index contributed by atoms with van der Waals surface area (Å²) in [5.74, 6) is 10.3. The van der Waals surface area contributed by atoms with Crippen molar-refractivity contribution in [3.63, 3.8) is 0 Å². The van der Waals surface area contributed by atoms with Gasteiger partial charge >= 0.3 is 0 Å². The Labute approximate surface area is 908 Å². The summed E-state index contributed by atoms with van der Waals surface area (Å²) in [6, 6.07) is 8.14. The molecule has 3 atom stereocenters. The average molecular weight is 2100 g/mol. The SMILES string of the molecule is CC(=O)NC1CCCN(C(=O)CN(C)CC(C)C)C1.CC(C)CC(=O)CN(C)C(=O)CN(C)CC(C)C.CC(C)CCC1CCCCC1.CC(C)CN(C)CC(=O)N(C)Cc1ccc(OCCCN(C)C)cc1.CC(C)CN(C)CC(=O)N1CC2CCC(C1)O2.CCC1CCN(C(=O)CN(C)CC(C)C)CC1.CCN(C)C(=O)CN(C)CC(C)C.CCN(CC(=O)NC(C)(C)C)CC(C)C.CCNC(=O)CN(CC)CC(C)C. The molecule has 868 valence electrons. The maximum atomic E-state index is 12.3. The number of piperidine rings is 2. The Bertz CT molecular complexity index is 3590. The summed E-state index contributed by atoms with van der Waals surface area (Å²) in [4.78, 5) is 148. The van der Waals surface area contributed by atoms with Crippen molar-refractivity contribution in [3.8, 4) is 5.75 Å². The highest BCUT2D eigenvalue weighted by molar-refractivity contribution is 5.87. The normalized spacial score (nSPS) is 15.9. The lowest BCUT2D eigenvalue weighted by Gasteiger charge is -2.34. The number of benzene rings is 1. The van der Waals surface area contributed by atoms with E-state index in [2.05, 4.69) is 215 Å². The highest BCUT2D eigenvalue weighted by Crippen LogP contribution is 2.30. The number of nitrogens with zero attached hydrogens (tertiary/aromatic N) is 15. The number of amides is 9. The molecule has 4 aliphatic heterocycles. The van der Waals surface area contributed by atoms with Crippen molar-refractivity contribution >= 4 is 58.9 Å². The first-order chi connectivity index (χ1) is 69.0. The molecule has 148 heavy (non-hydrogen) atoms. The number of rotatable bonds is 52. The fraction of sp³-hybridized carbons (Fsp3) is 0.864. The second kappa shape index (κ2) is 83.9. The van der Waals surface area contributed by atoms with E-state index in [1.807, 2.05) is 149 Å². The predicted octanol–water partition coefficient (Wildman–Crippen LogP) is 16.1.